The average Bonchev–Trinajstić information content (AvgIpc) is 2.85. The summed E-state index contributed by atoms with van der Waals surface area (Å²) in [6.45, 7) is 6.29. The normalized spacial score (nSPS) is 12.2. The van der Waals surface area contributed by atoms with Gasteiger partial charge >= 0.3 is 0 Å². The maximum Gasteiger partial charge on any atom is 0.235 e. The lowest BCUT2D eigenvalue weighted by molar-refractivity contribution is -0.129. The van der Waals surface area contributed by atoms with E-state index in [0.29, 0.717) is 6.54 Å². The minimum Gasteiger partial charge on any atom is -0.361 e. The third kappa shape index (κ3) is 4.36. The van der Waals surface area contributed by atoms with Gasteiger partial charge < -0.3 is 9.42 Å². The molecule has 5 heteroatoms. The molecule has 1 aromatic carbocycles. The van der Waals surface area contributed by atoms with E-state index in [1.165, 1.54) is 5.56 Å². The zero-order valence-electron chi connectivity index (χ0n) is 12.8. The fourth-order valence-corrected chi connectivity index (χ4v) is 2.98. The molecule has 0 aliphatic rings. The van der Waals surface area contributed by atoms with Gasteiger partial charge in [-0.1, -0.05) is 22.9 Å². The fraction of sp³-hybridized carbons (Fsp3) is 0.375. The van der Waals surface area contributed by atoms with Gasteiger partial charge in [0.15, 0.2) is 0 Å². The number of amides is 1. The van der Waals surface area contributed by atoms with E-state index < -0.39 is 0 Å². The standard InChI is InChI=1S/C16H20N2O2S/c1-11-5-7-15(8-6-11)21-13(3)16(19)18(4)10-14-9-12(2)20-17-14/h5-9,13H,10H2,1-4H3. The van der Waals surface area contributed by atoms with E-state index in [-0.39, 0.29) is 11.2 Å². The Morgan fingerprint density at radius 1 is 1.33 bits per heavy atom. The molecule has 0 spiro atoms. The van der Waals surface area contributed by atoms with Gasteiger partial charge in [-0.25, -0.2) is 0 Å². The summed E-state index contributed by atoms with van der Waals surface area (Å²) >= 11 is 1.57. The smallest absolute Gasteiger partial charge is 0.235 e. The van der Waals surface area contributed by atoms with Gasteiger partial charge in [-0.15, -0.1) is 11.8 Å². The van der Waals surface area contributed by atoms with E-state index in [1.807, 2.05) is 32.0 Å². The Morgan fingerprint density at radius 3 is 2.57 bits per heavy atom. The summed E-state index contributed by atoms with van der Waals surface area (Å²) in [7, 11) is 1.79. The van der Waals surface area contributed by atoms with Crippen LogP contribution >= 0.6 is 11.8 Å². The second-order valence-electron chi connectivity index (χ2n) is 5.20. The van der Waals surface area contributed by atoms with E-state index in [0.717, 1.165) is 16.3 Å². The first kappa shape index (κ1) is 15.6. The first-order valence-electron chi connectivity index (χ1n) is 6.86. The number of thioether (sulfide) groups is 1. The molecule has 0 aliphatic carbocycles. The predicted octanol–water partition coefficient (Wildman–Crippen LogP) is 3.43. The molecule has 2 aromatic rings. The summed E-state index contributed by atoms with van der Waals surface area (Å²) in [6, 6.07) is 10.1. The van der Waals surface area contributed by atoms with Crippen molar-refractivity contribution in [2.45, 2.75) is 37.5 Å². The number of aromatic nitrogens is 1. The maximum absolute atomic E-state index is 12.4. The molecular formula is C16H20N2O2S. The number of carbonyl (C=O) groups is 1. The Hall–Kier alpha value is -1.75. The molecule has 1 unspecified atom stereocenters. The Kier molecular flexibility index (Phi) is 5.07. The summed E-state index contributed by atoms with van der Waals surface area (Å²) < 4.78 is 5.02. The first-order valence-corrected chi connectivity index (χ1v) is 7.74. The zero-order chi connectivity index (χ0) is 15.4. The second-order valence-corrected chi connectivity index (χ2v) is 6.61. The Morgan fingerprint density at radius 2 is 2.00 bits per heavy atom. The van der Waals surface area contributed by atoms with Crippen molar-refractivity contribution in [2.24, 2.45) is 0 Å². The molecule has 1 heterocycles. The molecule has 0 bridgehead atoms. The van der Waals surface area contributed by atoms with Crippen molar-refractivity contribution < 1.29 is 9.32 Å². The van der Waals surface area contributed by atoms with Crippen LogP contribution in [-0.4, -0.2) is 28.3 Å². The van der Waals surface area contributed by atoms with Crippen molar-refractivity contribution in [3.63, 3.8) is 0 Å². The highest BCUT2D eigenvalue weighted by Gasteiger charge is 2.19. The average molecular weight is 304 g/mol. The van der Waals surface area contributed by atoms with E-state index in [4.69, 9.17) is 4.52 Å². The van der Waals surface area contributed by atoms with Crippen LogP contribution in [0.1, 0.15) is 23.9 Å². The van der Waals surface area contributed by atoms with Gasteiger partial charge in [-0.3, -0.25) is 4.79 Å². The monoisotopic (exact) mass is 304 g/mol. The number of nitrogens with zero attached hydrogens (tertiary/aromatic N) is 2. The van der Waals surface area contributed by atoms with Crippen molar-refractivity contribution in [3.05, 3.63) is 47.3 Å². The highest BCUT2D eigenvalue weighted by molar-refractivity contribution is 8.00. The maximum atomic E-state index is 12.4. The molecule has 0 fully saturated rings. The number of aryl methyl sites for hydroxylation is 2. The van der Waals surface area contributed by atoms with E-state index in [1.54, 1.807) is 23.7 Å². The van der Waals surface area contributed by atoms with E-state index >= 15 is 0 Å². The summed E-state index contributed by atoms with van der Waals surface area (Å²) in [6.07, 6.45) is 0. The number of hydrogen-bond donors (Lipinski definition) is 0. The molecular weight excluding hydrogens is 284 g/mol. The van der Waals surface area contributed by atoms with Gasteiger partial charge in [0.2, 0.25) is 5.91 Å². The third-order valence-electron chi connectivity index (χ3n) is 3.13. The fourth-order valence-electron chi connectivity index (χ4n) is 2.00. The minimum atomic E-state index is -0.134. The summed E-state index contributed by atoms with van der Waals surface area (Å²) in [5, 5.41) is 3.78. The lowest BCUT2D eigenvalue weighted by atomic mass is 10.2. The predicted molar refractivity (Wildman–Crippen MR) is 84.2 cm³/mol. The molecule has 0 radical (unpaired) electrons. The Labute approximate surface area is 129 Å². The van der Waals surface area contributed by atoms with E-state index in [9.17, 15) is 4.79 Å². The van der Waals surface area contributed by atoms with Gasteiger partial charge in [0.1, 0.15) is 11.5 Å². The quantitative estimate of drug-likeness (QED) is 0.794. The number of rotatable bonds is 5. The molecule has 0 saturated heterocycles. The molecule has 112 valence electrons. The highest BCUT2D eigenvalue weighted by Crippen LogP contribution is 2.24. The molecule has 1 atom stereocenters. The minimum absolute atomic E-state index is 0.0845. The van der Waals surface area contributed by atoms with Crippen LogP contribution in [0.3, 0.4) is 0 Å². The van der Waals surface area contributed by atoms with Crippen LogP contribution in [0, 0.1) is 13.8 Å². The number of hydrogen-bond acceptors (Lipinski definition) is 4. The summed E-state index contributed by atoms with van der Waals surface area (Å²) in [5.41, 5.74) is 1.99. The molecule has 4 nitrogen and oxygen atoms in total. The lowest BCUT2D eigenvalue weighted by Crippen LogP contribution is -2.32. The van der Waals surface area contributed by atoms with Crippen LogP contribution in [0.2, 0.25) is 0 Å². The van der Waals surface area contributed by atoms with Gasteiger partial charge in [0, 0.05) is 18.0 Å². The summed E-state index contributed by atoms with van der Waals surface area (Å²) in [5.74, 6) is 0.842. The Balaban J connectivity index is 1.93. The van der Waals surface area contributed by atoms with Crippen molar-refractivity contribution in [1.29, 1.82) is 0 Å². The molecule has 1 amide bonds. The SMILES string of the molecule is Cc1ccc(SC(C)C(=O)N(C)Cc2cc(C)on2)cc1. The third-order valence-corrected chi connectivity index (χ3v) is 4.23. The van der Waals surface area contributed by atoms with Gasteiger partial charge in [-0.2, -0.15) is 0 Å². The van der Waals surface area contributed by atoms with Crippen molar-refractivity contribution in [2.75, 3.05) is 7.05 Å². The van der Waals surface area contributed by atoms with Crippen LogP contribution in [0.25, 0.3) is 0 Å². The topological polar surface area (TPSA) is 46.3 Å². The second kappa shape index (κ2) is 6.80. The van der Waals surface area contributed by atoms with Crippen LogP contribution in [-0.2, 0) is 11.3 Å². The van der Waals surface area contributed by atoms with Crippen LogP contribution in [0.5, 0.6) is 0 Å². The Bertz CT molecular complexity index is 607. The van der Waals surface area contributed by atoms with Gasteiger partial charge in [-0.05, 0) is 32.9 Å². The van der Waals surface area contributed by atoms with Crippen LogP contribution in [0.4, 0.5) is 0 Å². The molecule has 0 aliphatic heterocycles. The van der Waals surface area contributed by atoms with Crippen molar-refractivity contribution in [1.82, 2.24) is 10.1 Å². The largest absolute Gasteiger partial charge is 0.361 e. The molecule has 1 aromatic heterocycles. The highest BCUT2D eigenvalue weighted by atomic mass is 32.2. The van der Waals surface area contributed by atoms with Crippen molar-refractivity contribution in [3.8, 4) is 0 Å². The van der Waals surface area contributed by atoms with Crippen LogP contribution in [0.15, 0.2) is 39.8 Å². The van der Waals surface area contributed by atoms with Gasteiger partial charge in [0.05, 0.1) is 11.8 Å². The number of benzene rings is 1. The van der Waals surface area contributed by atoms with Crippen LogP contribution < -0.4 is 0 Å². The zero-order valence-corrected chi connectivity index (χ0v) is 13.6. The first-order chi connectivity index (χ1) is 9.95. The molecule has 0 N–H and O–H groups in total. The van der Waals surface area contributed by atoms with Crippen molar-refractivity contribution >= 4 is 17.7 Å². The molecule has 21 heavy (non-hydrogen) atoms. The summed E-state index contributed by atoms with van der Waals surface area (Å²) in [4.78, 5) is 15.2. The molecule has 0 saturated carbocycles. The van der Waals surface area contributed by atoms with Gasteiger partial charge in [0.25, 0.3) is 0 Å². The lowest BCUT2D eigenvalue weighted by Gasteiger charge is -2.20. The number of carbonyl (C=O) groups excluding carboxylic acids is 1. The molecule has 2 rings (SSSR count). The van der Waals surface area contributed by atoms with E-state index in [2.05, 4.69) is 24.2 Å².